The zero-order valence-corrected chi connectivity index (χ0v) is 17.2. The molecule has 148 valence electrons. The highest BCUT2D eigenvalue weighted by molar-refractivity contribution is 5.81. The van der Waals surface area contributed by atoms with Crippen LogP contribution in [0.5, 0.6) is 0 Å². The SMILES string of the molecule is CC.CC/C=C/C=C\c1c(-c2nc3ccc(CC(=O)O)cc3o2)cn(C)c1C. The number of benzene rings is 1. The van der Waals surface area contributed by atoms with Gasteiger partial charge in [-0.2, -0.15) is 0 Å². The molecule has 0 bridgehead atoms. The van der Waals surface area contributed by atoms with Gasteiger partial charge < -0.3 is 14.1 Å². The summed E-state index contributed by atoms with van der Waals surface area (Å²) in [6.45, 7) is 8.15. The van der Waals surface area contributed by atoms with Crippen LogP contribution in [0, 0.1) is 6.92 Å². The first-order chi connectivity index (χ1) is 13.5. The average Bonchev–Trinajstić information content (AvgIpc) is 3.21. The maximum atomic E-state index is 10.9. The number of aryl methyl sites for hydroxylation is 1. The molecule has 5 nitrogen and oxygen atoms in total. The van der Waals surface area contributed by atoms with Gasteiger partial charge in [0, 0.05) is 24.5 Å². The number of nitrogens with zero attached hydrogens (tertiary/aromatic N) is 2. The molecule has 0 amide bonds. The van der Waals surface area contributed by atoms with Crippen LogP contribution in [0.25, 0.3) is 28.6 Å². The minimum absolute atomic E-state index is 0.0336. The molecule has 0 aliphatic rings. The number of fused-ring (bicyclic) bond motifs is 1. The molecular formula is C23H28N2O3. The van der Waals surface area contributed by atoms with Gasteiger partial charge in [-0.05, 0) is 31.0 Å². The molecule has 28 heavy (non-hydrogen) atoms. The lowest BCUT2D eigenvalue weighted by Gasteiger charge is -1.97. The molecule has 2 aromatic heterocycles. The van der Waals surface area contributed by atoms with E-state index in [1.807, 2.05) is 43.8 Å². The van der Waals surface area contributed by atoms with E-state index in [0.717, 1.165) is 28.8 Å². The molecule has 3 rings (SSSR count). The molecule has 0 aliphatic heterocycles. The van der Waals surface area contributed by atoms with E-state index in [1.165, 1.54) is 0 Å². The van der Waals surface area contributed by atoms with E-state index in [1.54, 1.807) is 18.2 Å². The van der Waals surface area contributed by atoms with E-state index >= 15 is 0 Å². The molecule has 0 radical (unpaired) electrons. The van der Waals surface area contributed by atoms with Gasteiger partial charge in [-0.25, -0.2) is 4.98 Å². The van der Waals surface area contributed by atoms with Crippen LogP contribution < -0.4 is 0 Å². The summed E-state index contributed by atoms with van der Waals surface area (Å²) < 4.78 is 7.99. The fourth-order valence-corrected chi connectivity index (χ4v) is 2.86. The van der Waals surface area contributed by atoms with Crippen LogP contribution in [0.3, 0.4) is 0 Å². The summed E-state index contributed by atoms with van der Waals surface area (Å²) in [4.78, 5) is 15.5. The number of rotatable bonds is 6. The quantitative estimate of drug-likeness (QED) is 0.551. The minimum atomic E-state index is -0.865. The van der Waals surface area contributed by atoms with Crippen molar-refractivity contribution in [3.8, 4) is 11.5 Å². The van der Waals surface area contributed by atoms with Gasteiger partial charge in [0.1, 0.15) is 5.52 Å². The van der Waals surface area contributed by atoms with Crippen molar-refractivity contribution in [3.63, 3.8) is 0 Å². The summed E-state index contributed by atoms with van der Waals surface area (Å²) in [5.41, 5.74) is 5.11. The van der Waals surface area contributed by atoms with Crippen LogP contribution in [0.15, 0.2) is 47.0 Å². The minimum Gasteiger partial charge on any atom is -0.481 e. The van der Waals surface area contributed by atoms with Crippen molar-refractivity contribution in [2.45, 2.75) is 40.5 Å². The van der Waals surface area contributed by atoms with Crippen molar-refractivity contribution in [3.05, 3.63) is 59.4 Å². The average molecular weight is 380 g/mol. The Labute approximate surface area is 166 Å². The lowest BCUT2D eigenvalue weighted by Crippen LogP contribution is -1.99. The molecule has 1 aromatic carbocycles. The third-order valence-corrected chi connectivity index (χ3v) is 4.32. The van der Waals surface area contributed by atoms with Crippen LogP contribution in [0.4, 0.5) is 0 Å². The fourth-order valence-electron chi connectivity index (χ4n) is 2.86. The van der Waals surface area contributed by atoms with E-state index in [-0.39, 0.29) is 6.42 Å². The smallest absolute Gasteiger partial charge is 0.307 e. The Kier molecular flexibility index (Phi) is 7.38. The largest absolute Gasteiger partial charge is 0.481 e. The number of allylic oxidation sites excluding steroid dienone is 3. The second-order valence-electron chi connectivity index (χ2n) is 6.24. The topological polar surface area (TPSA) is 68.3 Å². The monoisotopic (exact) mass is 380 g/mol. The van der Waals surface area contributed by atoms with Gasteiger partial charge in [0.25, 0.3) is 0 Å². The zero-order chi connectivity index (χ0) is 20.7. The lowest BCUT2D eigenvalue weighted by molar-refractivity contribution is -0.136. The van der Waals surface area contributed by atoms with Crippen molar-refractivity contribution in [1.29, 1.82) is 0 Å². The maximum absolute atomic E-state index is 10.9. The first-order valence-corrected chi connectivity index (χ1v) is 9.60. The number of hydrogen-bond donors (Lipinski definition) is 1. The van der Waals surface area contributed by atoms with Crippen LogP contribution in [0.1, 0.15) is 44.0 Å². The number of carboxylic acid groups (broad SMARTS) is 1. The molecule has 2 heterocycles. The molecule has 0 saturated heterocycles. The Morgan fingerprint density at radius 1 is 1.29 bits per heavy atom. The standard InChI is InChI=1S/C21H22N2O3.C2H6/c1-4-5-6-7-8-16-14(2)23(3)13-17(16)21-22-18-10-9-15(12-20(24)25)11-19(18)26-21;1-2/h5-11,13H,4,12H2,1-3H3,(H,24,25);1-2H3/b6-5+,8-7-;. The Morgan fingerprint density at radius 2 is 2.04 bits per heavy atom. The van der Waals surface area contributed by atoms with Crippen molar-refractivity contribution in [2.24, 2.45) is 7.05 Å². The van der Waals surface area contributed by atoms with E-state index in [2.05, 4.69) is 31.0 Å². The van der Waals surface area contributed by atoms with Crippen LogP contribution in [-0.4, -0.2) is 20.6 Å². The number of aliphatic carboxylic acids is 1. The van der Waals surface area contributed by atoms with Crippen molar-refractivity contribution in [2.75, 3.05) is 0 Å². The molecule has 0 fully saturated rings. The Balaban J connectivity index is 0.00000136. The van der Waals surface area contributed by atoms with Crippen LogP contribution >= 0.6 is 0 Å². The van der Waals surface area contributed by atoms with E-state index in [0.29, 0.717) is 17.0 Å². The first kappa shape index (κ1) is 21.2. The summed E-state index contributed by atoms with van der Waals surface area (Å²) in [7, 11) is 1.99. The van der Waals surface area contributed by atoms with Gasteiger partial charge in [-0.15, -0.1) is 0 Å². The van der Waals surface area contributed by atoms with Crippen molar-refractivity contribution >= 4 is 23.1 Å². The number of carboxylic acids is 1. The molecule has 0 spiro atoms. The molecule has 1 N–H and O–H groups in total. The van der Waals surface area contributed by atoms with E-state index < -0.39 is 5.97 Å². The molecule has 0 saturated carbocycles. The van der Waals surface area contributed by atoms with Gasteiger partial charge in [0.05, 0.1) is 12.0 Å². The zero-order valence-electron chi connectivity index (χ0n) is 17.2. The van der Waals surface area contributed by atoms with Gasteiger partial charge in [0.15, 0.2) is 5.58 Å². The number of carbonyl (C=O) groups is 1. The molecule has 0 aliphatic carbocycles. The van der Waals surface area contributed by atoms with Crippen LogP contribution in [-0.2, 0) is 18.3 Å². The van der Waals surface area contributed by atoms with Crippen molar-refractivity contribution < 1.29 is 14.3 Å². The second kappa shape index (κ2) is 9.74. The van der Waals surface area contributed by atoms with Crippen LogP contribution in [0.2, 0.25) is 0 Å². The predicted molar refractivity (Wildman–Crippen MR) is 114 cm³/mol. The summed E-state index contributed by atoms with van der Waals surface area (Å²) in [5, 5.41) is 8.95. The fraction of sp³-hybridized carbons (Fsp3) is 0.304. The highest BCUT2D eigenvalue weighted by Crippen LogP contribution is 2.31. The Morgan fingerprint density at radius 3 is 2.71 bits per heavy atom. The molecule has 3 aromatic rings. The molecule has 5 heteroatoms. The highest BCUT2D eigenvalue weighted by Gasteiger charge is 2.16. The van der Waals surface area contributed by atoms with Gasteiger partial charge in [-0.3, -0.25) is 4.79 Å². The van der Waals surface area contributed by atoms with E-state index in [9.17, 15) is 4.79 Å². The molecule has 0 atom stereocenters. The van der Waals surface area contributed by atoms with E-state index in [4.69, 9.17) is 9.52 Å². The number of aromatic nitrogens is 2. The lowest BCUT2D eigenvalue weighted by atomic mass is 10.1. The number of oxazole rings is 1. The summed E-state index contributed by atoms with van der Waals surface area (Å²) in [6, 6.07) is 5.32. The van der Waals surface area contributed by atoms with Crippen molar-refractivity contribution in [1.82, 2.24) is 9.55 Å². The third kappa shape index (κ3) is 4.80. The Bertz CT molecular complexity index is 1010. The Hall–Kier alpha value is -3.08. The predicted octanol–water partition coefficient (Wildman–Crippen LogP) is 5.77. The summed E-state index contributed by atoms with van der Waals surface area (Å²) >= 11 is 0. The summed E-state index contributed by atoms with van der Waals surface area (Å²) in [6.07, 6.45) is 11.2. The summed E-state index contributed by atoms with van der Waals surface area (Å²) in [5.74, 6) is -0.328. The molecule has 0 unspecified atom stereocenters. The second-order valence-corrected chi connectivity index (χ2v) is 6.24. The van der Waals surface area contributed by atoms with Gasteiger partial charge >= 0.3 is 5.97 Å². The highest BCUT2D eigenvalue weighted by atomic mass is 16.4. The normalized spacial score (nSPS) is 11.3. The molecular weight excluding hydrogens is 352 g/mol. The third-order valence-electron chi connectivity index (χ3n) is 4.32. The van der Waals surface area contributed by atoms with Gasteiger partial charge in [0.2, 0.25) is 5.89 Å². The maximum Gasteiger partial charge on any atom is 0.307 e. The first-order valence-electron chi connectivity index (χ1n) is 9.60. The van der Waals surface area contributed by atoms with Gasteiger partial charge in [-0.1, -0.05) is 51.1 Å². The number of hydrogen-bond acceptors (Lipinski definition) is 3.